The topological polar surface area (TPSA) is 24.9 Å². The van der Waals surface area contributed by atoms with Crippen molar-refractivity contribution in [1.82, 2.24) is 4.98 Å². The Morgan fingerprint density at radius 1 is 1.06 bits per heavy atom. The minimum Gasteiger partial charge on any atom is -0.366 e. The molecule has 0 atom stereocenters. The Hall–Kier alpha value is -1.54. The molecule has 0 saturated heterocycles. The van der Waals surface area contributed by atoms with Crippen LogP contribution < -0.4 is 5.32 Å². The van der Waals surface area contributed by atoms with Crippen molar-refractivity contribution in [3.63, 3.8) is 0 Å². The molecule has 0 bridgehead atoms. The van der Waals surface area contributed by atoms with Crippen LogP contribution in [0.25, 0.3) is 0 Å². The molecular weight excluding hydrogens is 244 g/mol. The van der Waals surface area contributed by atoms with Crippen molar-refractivity contribution in [3.8, 4) is 0 Å². The molecule has 1 aromatic heterocycles. The Balaban J connectivity index is 0.00000162. The first-order valence-electron chi connectivity index (χ1n) is 5.99. The van der Waals surface area contributed by atoms with Crippen molar-refractivity contribution >= 4 is 18.2 Å². The van der Waals surface area contributed by atoms with Crippen LogP contribution in [0.4, 0.5) is 5.82 Å². The summed E-state index contributed by atoms with van der Waals surface area (Å²) in [6, 6.07) is 14.5. The highest BCUT2D eigenvalue weighted by atomic mass is 35.5. The van der Waals surface area contributed by atoms with Crippen LogP contribution >= 0.6 is 12.4 Å². The Labute approximate surface area is 115 Å². The molecule has 0 amide bonds. The Kier molecular flexibility index (Phi) is 5.66. The van der Waals surface area contributed by atoms with Gasteiger partial charge in [0.25, 0.3) is 0 Å². The molecule has 0 aliphatic carbocycles. The van der Waals surface area contributed by atoms with E-state index in [2.05, 4.69) is 42.3 Å². The maximum Gasteiger partial charge on any atom is 0.126 e. The molecule has 1 N–H and O–H groups in total. The highest BCUT2D eigenvalue weighted by molar-refractivity contribution is 5.85. The van der Waals surface area contributed by atoms with E-state index in [4.69, 9.17) is 0 Å². The number of rotatable bonds is 4. The van der Waals surface area contributed by atoms with Crippen LogP contribution in [0.5, 0.6) is 0 Å². The van der Waals surface area contributed by atoms with Gasteiger partial charge >= 0.3 is 0 Å². The Morgan fingerprint density at radius 2 is 1.78 bits per heavy atom. The van der Waals surface area contributed by atoms with Crippen molar-refractivity contribution in [1.29, 1.82) is 0 Å². The first-order valence-corrected chi connectivity index (χ1v) is 5.99. The third kappa shape index (κ3) is 4.04. The normalized spacial score (nSPS) is 9.94. The van der Waals surface area contributed by atoms with Gasteiger partial charge in [-0.15, -0.1) is 12.4 Å². The lowest BCUT2D eigenvalue weighted by Gasteiger charge is -2.08. The molecule has 1 heterocycles. The van der Waals surface area contributed by atoms with Crippen LogP contribution in [-0.4, -0.2) is 4.98 Å². The lowest BCUT2D eigenvalue weighted by atomic mass is 10.1. The molecule has 0 fully saturated rings. The predicted molar refractivity (Wildman–Crippen MR) is 79.3 cm³/mol. The quantitative estimate of drug-likeness (QED) is 0.892. The summed E-state index contributed by atoms with van der Waals surface area (Å²) in [5.41, 5.74) is 2.54. The molecule has 1 aromatic carbocycles. The average Bonchev–Trinajstić information content (AvgIpc) is 2.38. The second kappa shape index (κ2) is 7.02. The number of hydrogen-bond donors (Lipinski definition) is 1. The number of anilines is 1. The summed E-state index contributed by atoms with van der Waals surface area (Å²) in [5.74, 6) is 1.46. The SMILES string of the molecule is CC(C)c1ccc(NCc2ccccc2)nc1.Cl. The standard InChI is InChI=1S/C15H18N2.ClH/c1-12(2)14-8-9-15(17-11-14)16-10-13-6-4-3-5-7-13;/h3-9,11-12H,10H2,1-2H3,(H,16,17);1H. The fourth-order valence-corrected chi connectivity index (χ4v) is 1.64. The van der Waals surface area contributed by atoms with E-state index in [1.54, 1.807) is 0 Å². The maximum atomic E-state index is 4.40. The number of nitrogens with one attached hydrogen (secondary N) is 1. The number of pyridine rings is 1. The molecule has 0 radical (unpaired) electrons. The van der Waals surface area contributed by atoms with Gasteiger partial charge < -0.3 is 5.32 Å². The van der Waals surface area contributed by atoms with Crippen LogP contribution in [0.15, 0.2) is 48.7 Å². The van der Waals surface area contributed by atoms with Gasteiger partial charge in [-0.05, 0) is 23.1 Å². The third-order valence-electron chi connectivity index (χ3n) is 2.77. The fourth-order valence-electron chi connectivity index (χ4n) is 1.64. The van der Waals surface area contributed by atoms with Gasteiger partial charge in [-0.1, -0.05) is 50.2 Å². The van der Waals surface area contributed by atoms with Gasteiger partial charge in [0.2, 0.25) is 0 Å². The minimum atomic E-state index is 0. The second-order valence-corrected chi connectivity index (χ2v) is 4.47. The van der Waals surface area contributed by atoms with Crippen LogP contribution in [0, 0.1) is 0 Å². The van der Waals surface area contributed by atoms with E-state index in [0.717, 1.165) is 12.4 Å². The van der Waals surface area contributed by atoms with Crippen molar-refractivity contribution in [3.05, 3.63) is 59.8 Å². The number of aromatic nitrogens is 1. The van der Waals surface area contributed by atoms with Gasteiger partial charge in [0.1, 0.15) is 5.82 Å². The maximum absolute atomic E-state index is 4.40. The third-order valence-corrected chi connectivity index (χ3v) is 2.77. The first kappa shape index (κ1) is 14.5. The van der Waals surface area contributed by atoms with Crippen LogP contribution in [0.3, 0.4) is 0 Å². The van der Waals surface area contributed by atoms with Gasteiger partial charge in [0.05, 0.1) is 0 Å². The van der Waals surface area contributed by atoms with E-state index in [9.17, 15) is 0 Å². The zero-order chi connectivity index (χ0) is 12.1. The summed E-state index contributed by atoms with van der Waals surface area (Å²) in [6.07, 6.45) is 1.94. The number of nitrogens with zero attached hydrogens (tertiary/aromatic N) is 1. The van der Waals surface area contributed by atoms with Crippen molar-refractivity contribution in [2.75, 3.05) is 5.32 Å². The largest absolute Gasteiger partial charge is 0.366 e. The molecule has 2 aromatic rings. The monoisotopic (exact) mass is 262 g/mol. The highest BCUT2D eigenvalue weighted by Gasteiger charge is 1.99. The zero-order valence-electron chi connectivity index (χ0n) is 10.8. The van der Waals surface area contributed by atoms with E-state index in [1.807, 2.05) is 30.5 Å². The minimum absolute atomic E-state index is 0. The summed E-state index contributed by atoms with van der Waals surface area (Å²) in [5, 5.41) is 3.32. The molecule has 0 spiro atoms. The zero-order valence-corrected chi connectivity index (χ0v) is 11.6. The summed E-state index contributed by atoms with van der Waals surface area (Å²) in [4.78, 5) is 4.40. The molecule has 2 rings (SSSR count). The van der Waals surface area contributed by atoms with Gasteiger partial charge in [0, 0.05) is 12.7 Å². The van der Waals surface area contributed by atoms with Gasteiger partial charge in [0.15, 0.2) is 0 Å². The number of halogens is 1. The highest BCUT2D eigenvalue weighted by Crippen LogP contribution is 2.14. The molecule has 0 saturated carbocycles. The average molecular weight is 263 g/mol. The predicted octanol–water partition coefficient (Wildman–Crippen LogP) is 4.24. The first-order chi connectivity index (χ1) is 8.25. The molecule has 0 unspecified atom stereocenters. The smallest absolute Gasteiger partial charge is 0.126 e. The fraction of sp³-hybridized carbons (Fsp3) is 0.267. The van der Waals surface area contributed by atoms with Crippen molar-refractivity contribution in [2.24, 2.45) is 0 Å². The summed E-state index contributed by atoms with van der Waals surface area (Å²) < 4.78 is 0. The molecule has 96 valence electrons. The van der Waals surface area contributed by atoms with E-state index in [1.165, 1.54) is 11.1 Å². The van der Waals surface area contributed by atoms with Crippen LogP contribution in [0.2, 0.25) is 0 Å². The lowest BCUT2D eigenvalue weighted by molar-refractivity contribution is 0.858. The van der Waals surface area contributed by atoms with E-state index in [-0.39, 0.29) is 12.4 Å². The summed E-state index contributed by atoms with van der Waals surface area (Å²) in [6.45, 7) is 5.16. The van der Waals surface area contributed by atoms with Gasteiger partial charge in [-0.3, -0.25) is 0 Å². The molecule has 0 aliphatic heterocycles. The molecule has 2 nitrogen and oxygen atoms in total. The molecule has 18 heavy (non-hydrogen) atoms. The van der Waals surface area contributed by atoms with Crippen molar-refractivity contribution in [2.45, 2.75) is 26.3 Å². The van der Waals surface area contributed by atoms with Crippen LogP contribution in [-0.2, 0) is 6.54 Å². The molecule has 3 heteroatoms. The summed E-state index contributed by atoms with van der Waals surface area (Å²) in [7, 11) is 0. The molecule has 0 aliphatic rings. The second-order valence-electron chi connectivity index (χ2n) is 4.47. The molecular formula is C15H19ClN2. The Morgan fingerprint density at radius 3 is 2.33 bits per heavy atom. The number of benzene rings is 1. The summed E-state index contributed by atoms with van der Waals surface area (Å²) >= 11 is 0. The lowest BCUT2D eigenvalue weighted by Crippen LogP contribution is -2.01. The number of hydrogen-bond acceptors (Lipinski definition) is 2. The van der Waals surface area contributed by atoms with Gasteiger partial charge in [-0.2, -0.15) is 0 Å². The van der Waals surface area contributed by atoms with E-state index in [0.29, 0.717) is 5.92 Å². The van der Waals surface area contributed by atoms with E-state index >= 15 is 0 Å². The van der Waals surface area contributed by atoms with Gasteiger partial charge in [-0.25, -0.2) is 4.98 Å². The van der Waals surface area contributed by atoms with E-state index < -0.39 is 0 Å². The Bertz CT molecular complexity index is 452. The van der Waals surface area contributed by atoms with Crippen LogP contribution in [0.1, 0.15) is 30.9 Å². The van der Waals surface area contributed by atoms with Crippen molar-refractivity contribution < 1.29 is 0 Å².